The average molecular weight is 278 g/mol. The zero-order chi connectivity index (χ0) is 14.5. The van der Waals surface area contributed by atoms with Gasteiger partial charge in [0, 0.05) is 38.4 Å². The van der Waals surface area contributed by atoms with Crippen LogP contribution in [0.5, 0.6) is 0 Å². The predicted octanol–water partition coefficient (Wildman–Crippen LogP) is 0.646. The van der Waals surface area contributed by atoms with Crippen LogP contribution in [0, 0.1) is 5.92 Å². The fourth-order valence-corrected chi connectivity index (χ4v) is 2.57. The number of hydrogen-bond acceptors (Lipinski definition) is 3. The van der Waals surface area contributed by atoms with E-state index < -0.39 is 0 Å². The van der Waals surface area contributed by atoms with Crippen molar-refractivity contribution >= 4 is 11.8 Å². The Kier molecular flexibility index (Phi) is 4.76. The number of amides is 2. The molecule has 0 saturated carbocycles. The van der Waals surface area contributed by atoms with Crippen molar-refractivity contribution in [2.45, 2.75) is 39.3 Å². The van der Waals surface area contributed by atoms with E-state index in [0.29, 0.717) is 13.1 Å². The van der Waals surface area contributed by atoms with E-state index in [-0.39, 0.29) is 23.8 Å². The number of carbonyl (C=O) groups excluding carboxylic acids is 2. The third-order valence-electron chi connectivity index (χ3n) is 3.65. The van der Waals surface area contributed by atoms with Gasteiger partial charge in [-0.2, -0.15) is 5.10 Å². The standard InChI is InChI=1S/C14H22N4O2/c1-11(9-18-8-4-6-15-18)16-14(20)13-5-3-7-17(10-13)12(2)19/h4,6,8,11,13H,3,5,7,9-10H2,1-2H3,(H,16,20)/t11-,13+/m0/s1. The summed E-state index contributed by atoms with van der Waals surface area (Å²) in [6, 6.07) is 1.88. The maximum atomic E-state index is 12.2. The Balaban J connectivity index is 1.83. The van der Waals surface area contributed by atoms with Crippen LogP contribution in [0.15, 0.2) is 18.5 Å². The minimum absolute atomic E-state index is 0.0232. The molecule has 1 aliphatic rings. The van der Waals surface area contributed by atoms with Gasteiger partial charge in [0.2, 0.25) is 11.8 Å². The minimum Gasteiger partial charge on any atom is -0.351 e. The molecule has 20 heavy (non-hydrogen) atoms. The van der Waals surface area contributed by atoms with Crippen LogP contribution in [0.4, 0.5) is 0 Å². The molecule has 1 aromatic heterocycles. The van der Waals surface area contributed by atoms with Crippen molar-refractivity contribution in [3.05, 3.63) is 18.5 Å². The first-order valence-corrected chi connectivity index (χ1v) is 7.09. The van der Waals surface area contributed by atoms with Crippen LogP contribution in [0.2, 0.25) is 0 Å². The smallest absolute Gasteiger partial charge is 0.225 e. The lowest BCUT2D eigenvalue weighted by atomic mass is 9.97. The summed E-state index contributed by atoms with van der Waals surface area (Å²) >= 11 is 0. The Labute approximate surface area is 119 Å². The van der Waals surface area contributed by atoms with E-state index in [2.05, 4.69) is 10.4 Å². The molecule has 1 aromatic rings. The third-order valence-corrected chi connectivity index (χ3v) is 3.65. The van der Waals surface area contributed by atoms with Crippen LogP contribution in [0.3, 0.4) is 0 Å². The minimum atomic E-state index is -0.0901. The van der Waals surface area contributed by atoms with Gasteiger partial charge in [0.15, 0.2) is 0 Å². The molecule has 1 aliphatic heterocycles. The number of hydrogen-bond donors (Lipinski definition) is 1. The molecule has 2 rings (SSSR count). The maximum absolute atomic E-state index is 12.2. The largest absolute Gasteiger partial charge is 0.351 e. The highest BCUT2D eigenvalue weighted by Gasteiger charge is 2.27. The molecule has 2 heterocycles. The van der Waals surface area contributed by atoms with Gasteiger partial charge in [-0.25, -0.2) is 0 Å². The molecule has 2 atom stereocenters. The molecule has 1 N–H and O–H groups in total. The Hall–Kier alpha value is -1.85. The molecular formula is C14H22N4O2. The highest BCUT2D eigenvalue weighted by atomic mass is 16.2. The van der Waals surface area contributed by atoms with Crippen LogP contribution in [-0.2, 0) is 16.1 Å². The SMILES string of the molecule is CC(=O)N1CCC[C@@H](C(=O)N[C@@H](C)Cn2cccn2)C1. The molecule has 1 saturated heterocycles. The second kappa shape index (κ2) is 6.54. The number of rotatable bonds is 4. The van der Waals surface area contributed by atoms with Crippen LogP contribution >= 0.6 is 0 Å². The summed E-state index contributed by atoms with van der Waals surface area (Å²) in [7, 11) is 0. The molecule has 6 heteroatoms. The number of nitrogens with one attached hydrogen (secondary N) is 1. The summed E-state index contributed by atoms with van der Waals surface area (Å²) in [5, 5.41) is 7.13. The number of nitrogens with zero attached hydrogens (tertiary/aromatic N) is 3. The van der Waals surface area contributed by atoms with Crippen LogP contribution in [0.1, 0.15) is 26.7 Å². The second-order valence-corrected chi connectivity index (χ2v) is 5.44. The van der Waals surface area contributed by atoms with Gasteiger partial charge in [0.05, 0.1) is 12.5 Å². The van der Waals surface area contributed by atoms with E-state index >= 15 is 0 Å². The Morgan fingerprint density at radius 2 is 2.30 bits per heavy atom. The molecule has 0 bridgehead atoms. The maximum Gasteiger partial charge on any atom is 0.225 e. The normalized spacial score (nSPS) is 20.5. The van der Waals surface area contributed by atoms with E-state index in [1.807, 2.05) is 19.2 Å². The molecular weight excluding hydrogens is 256 g/mol. The van der Waals surface area contributed by atoms with Crippen molar-refractivity contribution in [3.8, 4) is 0 Å². The van der Waals surface area contributed by atoms with Crippen molar-refractivity contribution in [1.29, 1.82) is 0 Å². The van der Waals surface area contributed by atoms with E-state index in [0.717, 1.165) is 19.4 Å². The lowest BCUT2D eigenvalue weighted by Gasteiger charge is -2.31. The number of carbonyl (C=O) groups is 2. The van der Waals surface area contributed by atoms with Gasteiger partial charge in [0.25, 0.3) is 0 Å². The second-order valence-electron chi connectivity index (χ2n) is 5.44. The number of likely N-dealkylation sites (tertiary alicyclic amines) is 1. The summed E-state index contributed by atoms with van der Waals surface area (Å²) in [5.74, 6) is -0.00424. The Bertz CT molecular complexity index is 458. The van der Waals surface area contributed by atoms with Crippen LogP contribution < -0.4 is 5.32 Å². The van der Waals surface area contributed by atoms with Crippen molar-refractivity contribution < 1.29 is 9.59 Å². The van der Waals surface area contributed by atoms with Crippen molar-refractivity contribution in [2.24, 2.45) is 5.92 Å². The van der Waals surface area contributed by atoms with Crippen LogP contribution in [-0.4, -0.2) is 45.6 Å². The topological polar surface area (TPSA) is 67.2 Å². The Morgan fingerprint density at radius 1 is 1.50 bits per heavy atom. The molecule has 0 aliphatic carbocycles. The molecule has 110 valence electrons. The van der Waals surface area contributed by atoms with Crippen molar-refractivity contribution in [2.75, 3.05) is 13.1 Å². The highest BCUT2D eigenvalue weighted by Crippen LogP contribution is 2.16. The highest BCUT2D eigenvalue weighted by molar-refractivity contribution is 5.80. The fraction of sp³-hybridized carbons (Fsp3) is 0.643. The van der Waals surface area contributed by atoms with Crippen molar-refractivity contribution in [3.63, 3.8) is 0 Å². The average Bonchev–Trinajstić information content (AvgIpc) is 2.91. The van der Waals surface area contributed by atoms with E-state index in [9.17, 15) is 9.59 Å². The first kappa shape index (κ1) is 14.6. The van der Waals surface area contributed by atoms with Gasteiger partial charge in [-0.3, -0.25) is 14.3 Å². The fourth-order valence-electron chi connectivity index (χ4n) is 2.57. The first-order chi connectivity index (χ1) is 9.56. The van der Waals surface area contributed by atoms with Gasteiger partial charge in [-0.15, -0.1) is 0 Å². The number of aromatic nitrogens is 2. The van der Waals surface area contributed by atoms with Gasteiger partial charge in [-0.05, 0) is 25.8 Å². The quantitative estimate of drug-likeness (QED) is 0.879. The molecule has 6 nitrogen and oxygen atoms in total. The zero-order valence-corrected chi connectivity index (χ0v) is 12.1. The van der Waals surface area contributed by atoms with E-state index in [1.54, 1.807) is 22.7 Å². The Morgan fingerprint density at radius 3 is 2.95 bits per heavy atom. The van der Waals surface area contributed by atoms with E-state index in [1.165, 1.54) is 0 Å². The van der Waals surface area contributed by atoms with Gasteiger partial charge >= 0.3 is 0 Å². The first-order valence-electron chi connectivity index (χ1n) is 7.09. The number of piperidine rings is 1. The third kappa shape index (κ3) is 3.82. The lowest BCUT2D eigenvalue weighted by Crippen LogP contribution is -2.47. The van der Waals surface area contributed by atoms with Crippen molar-refractivity contribution in [1.82, 2.24) is 20.0 Å². The summed E-state index contributed by atoms with van der Waals surface area (Å²) in [5.41, 5.74) is 0. The molecule has 0 spiro atoms. The molecule has 2 amide bonds. The predicted molar refractivity (Wildman–Crippen MR) is 74.8 cm³/mol. The lowest BCUT2D eigenvalue weighted by molar-refractivity contribution is -0.134. The summed E-state index contributed by atoms with van der Waals surface area (Å²) in [6.45, 7) is 5.48. The summed E-state index contributed by atoms with van der Waals surface area (Å²) in [4.78, 5) is 25.4. The van der Waals surface area contributed by atoms with Gasteiger partial charge in [-0.1, -0.05) is 0 Å². The molecule has 0 aromatic carbocycles. The zero-order valence-electron chi connectivity index (χ0n) is 12.1. The van der Waals surface area contributed by atoms with Gasteiger partial charge < -0.3 is 10.2 Å². The van der Waals surface area contributed by atoms with Gasteiger partial charge in [0.1, 0.15) is 0 Å². The summed E-state index contributed by atoms with van der Waals surface area (Å²) < 4.78 is 1.80. The monoisotopic (exact) mass is 278 g/mol. The van der Waals surface area contributed by atoms with E-state index in [4.69, 9.17) is 0 Å². The molecule has 0 radical (unpaired) electrons. The van der Waals surface area contributed by atoms with Crippen LogP contribution in [0.25, 0.3) is 0 Å². The molecule has 1 fully saturated rings. The summed E-state index contributed by atoms with van der Waals surface area (Å²) in [6.07, 6.45) is 5.34. The molecule has 0 unspecified atom stereocenters.